The summed E-state index contributed by atoms with van der Waals surface area (Å²) in [6.07, 6.45) is 4.13. The highest BCUT2D eigenvalue weighted by Crippen LogP contribution is 2.32. The van der Waals surface area contributed by atoms with E-state index >= 15 is 0 Å². The van der Waals surface area contributed by atoms with Crippen LogP contribution in [-0.2, 0) is 0 Å². The summed E-state index contributed by atoms with van der Waals surface area (Å²) in [5, 5.41) is 10.3. The van der Waals surface area contributed by atoms with Crippen molar-refractivity contribution in [1.29, 1.82) is 0 Å². The highest BCUT2D eigenvalue weighted by Gasteiger charge is 2.22. The highest BCUT2D eigenvalue weighted by molar-refractivity contribution is 6.04. The van der Waals surface area contributed by atoms with Gasteiger partial charge in [-0.05, 0) is 25.0 Å². The van der Waals surface area contributed by atoms with Crippen LogP contribution in [0.2, 0.25) is 0 Å². The monoisotopic (exact) mass is 230 g/mol. The molecule has 0 aliphatic carbocycles. The fourth-order valence-corrected chi connectivity index (χ4v) is 2.55. The summed E-state index contributed by atoms with van der Waals surface area (Å²) in [5.74, 6) is -0.858. The molecular formula is C13H14N2O2. The molecule has 0 atom stereocenters. The van der Waals surface area contributed by atoms with E-state index in [-0.39, 0.29) is 0 Å². The molecule has 0 bridgehead atoms. The second kappa shape index (κ2) is 3.80. The molecule has 1 saturated heterocycles. The molecule has 0 radical (unpaired) electrons. The lowest BCUT2D eigenvalue weighted by molar-refractivity contribution is 0.0697. The molecule has 1 aliphatic heterocycles. The number of carboxylic acids is 1. The van der Waals surface area contributed by atoms with Crippen molar-refractivity contribution < 1.29 is 9.90 Å². The maximum Gasteiger partial charge on any atom is 0.337 e. The number of H-pyrrole nitrogens is 1. The van der Waals surface area contributed by atoms with Gasteiger partial charge < -0.3 is 15.0 Å². The molecule has 1 aromatic heterocycles. The lowest BCUT2D eigenvalue weighted by atomic mass is 10.1. The minimum Gasteiger partial charge on any atom is -0.478 e. The van der Waals surface area contributed by atoms with Crippen molar-refractivity contribution in [2.75, 3.05) is 18.0 Å². The van der Waals surface area contributed by atoms with Gasteiger partial charge in [-0.1, -0.05) is 6.07 Å². The first-order valence-corrected chi connectivity index (χ1v) is 5.86. The topological polar surface area (TPSA) is 56.3 Å². The molecule has 3 rings (SSSR count). The van der Waals surface area contributed by atoms with E-state index in [2.05, 4.69) is 9.88 Å². The largest absolute Gasteiger partial charge is 0.478 e. The molecule has 2 aromatic rings. The van der Waals surface area contributed by atoms with Crippen molar-refractivity contribution in [1.82, 2.24) is 4.98 Å². The summed E-state index contributed by atoms with van der Waals surface area (Å²) >= 11 is 0. The summed E-state index contributed by atoms with van der Waals surface area (Å²) in [4.78, 5) is 16.6. The summed E-state index contributed by atoms with van der Waals surface area (Å²) in [6.45, 7) is 1.89. The van der Waals surface area contributed by atoms with Gasteiger partial charge in [-0.15, -0.1) is 0 Å². The Morgan fingerprint density at radius 1 is 1.24 bits per heavy atom. The first kappa shape index (κ1) is 10.2. The summed E-state index contributed by atoms with van der Waals surface area (Å²) in [5.41, 5.74) is 2.17. The van der Waals surface area contributed by atoms with Crippen LogP contribution in [0.15, 0.2) is 24.4 Å². The molecule has 1 aromatic carbocycles. The maximum absolute atomic E-state index is 11.3. The first-order valence-electron chi connectivity index (χ1n) is 5.86. The molecule has 0 unspecified atom stereocenters. The van der Waals surface area contributed by atoms with Crippen LogP contribution in [0.5, 0.6) is 0 Å². The van der Waals surface area contributed by atoms with E-state index in [1.54, 1.807) is 6.07 Å². The van der Waals surface area contributed by atoms with Crippen molar-refractivity contribution in [2.45, 2.75) is 12.8 Å². The fraction of sp³-hybridized carbons (Fsp3) is 0.308. The number of aromatic amines is 1. The average Bonchev–Trinajstić information content (AvgIpc) is 2.98. The Bertz CT molecular complexity index is 568. The van der Waals surface area contributed by atoms with Crippen molar-refractivity contribution in [3.05, 3.63) is 30.0 Å². The van der Waals surface area contributed by atoms with Gasteiger partial charge in [0.15, 0.2) is 0 Å². The zero-order valence-corrected chi connectivity index (χ0v) is 9.44. The Balaban J connectivity index is 2.25. The van der Waals surface area contributed by atoms with Crippen LogP contribution in [-0.4, -0.2) is 29.1 Å². The molecule has 2 heterocycles. The fourth-order valence-electron chi connectivity index (χ4n) is 2.55. The number of nitrogens with one attached hydrogen (secondary N) is 1. The Kier molecular flexibility index (Phi) is 2.28. The van der Waals surface area contributed by atoms with Gasteiger partial charge in [0.05, 0.1) is 16.8 Å². The molecular weight excluding hydrogens is 216 g/mol. The average molecular weight is 230 g/mol. The van der Waals surface area contributed by atoms with Crippen molar-refractivity contribution in [2.24, 2.45) is 0 Å². The molecule has 88 valence electrons. The van der Waals surface area contributed by atoms with E-state index in [0.29, 0.717) is 5.56 Å². The number of rotatable bonds is 2. The van der Waals surface area contributed by atoms with Gasteiger partial charge >= 0.3 is 5.97 Å². The first-order chi connectivity index (χ1) is 8.27. The Labute approximate surface area is 98.9 Å². The minimum atomic E-state index is -0.858. The number of carboxylic acid groups (broad SMARTS) is 1. The van der Waals surface area contributed by atoms with Gasteiger partial charge in [-0.25, -0.2) is 4.79 Å². The summed E-state index contributed by atoms with van der Waals surface area (Å²) in [6, 6.07) is 5.53. The van der Waals surface area contributed by atoms with E-state index in [9.17, 15) is 9.90 Å². The molecule has 4 heteroatoms. The van der Waals surface area contributed by atoms with Gasteiger partial charge in [-0.3, -0.25) is 0 Å². The predicted molar refractivity (Wildman–Crippen MR) is 66.7 cm³/mol. The molecule has 0 spiro atoms. The zero-order valence-electron chi connectivity index (χ0n) is 9.44. The van der Waals surface area contributed by atoms with E-state index in [1.807, 2.05) is 18.3 Å². The lowest BCUT2D eigenvalue weighted by Crippen LogP contribution is -2.21. The van der Waals surface area contributed by atoms with Crippen LogP contribution >= 0.6 is 0 Å². The number of fused-ring (bicyclic) bond motifs is 1. The number of carbonyl (C=O) groups is 1. The van der Waals surface area contributed by atoms with E-state index in [1.165, 1.54) is 0 Å². The number of aromatic nitrogens is 1. The number of anilines is 1. The molecule has 17 heavy (non-hydrogen) atoms. The van der Waals surface area contributed by atoms with Gasteiger partial charge in [-0.2, -0.15) is 0 Å². The summed E-state index contributed by atoms with van der Waals surface area (Å²) in [7, 11) is 0. The molecule has 4 nitrogen and oxygen atoms in total. The van der Waals surface area contributed by atoms with Gasteiger partial charge in [0, 0.05) is 24.7 Å². The number of benzene rings is 1. The normalized spacial score (nSPS) is 15.6. The molecule has 1 aliphatic rings. The van der Waals surface area contributed by atoms with Crippen LogP contribution in [0, 0.1) is 0 Å². The number of hydrogen-bond acceptors (Lipinski definition) is 2. The van der Waals surface area contributed by atoms with Gasteiger partial charge in [0.1, 0.15) is 0 Å². The Morgan fingerprint density at radius 3 is 2.71 bits per heavy atom. The number of aromatic carboxylic acids is 1. The van der Waals surface area contributed by atoms with Crippen LogP contribution in [0.25, 0.3) is 10.9 Å². The Hall–Kier alpha value is -1.97. The van der Waals surface area contributed by atoms with Crippen LogP contribution in [0.1, 0.15) is 23.2 Å². The second-order valence-corrected chi connectivity index (χ2v) is 4.40. The predicted octanol–water partition coefficient (Wildman–Crippen LogP) is 2.47. The van der Waals surface area contributed by atoms with Crippen molar-refractivity contribution >= 4 is 22.6 Å². The molecule has 0 saturated carbocycles. The van der Waals surface area contributed by atoms with Gasteiger partial charge in [0.2, 0.25) is 0 Å². The van der Waals surface area contributed by atoms with Crippen LogP contribution < -0.4 is 4.90 Å². The van der Waals surface area contributed by atoms with E-state index in [4.69, 9.17) is 0 Å². The van der Waals surface area contributed by atoms with Crippen molar-refractivity contribution in [3.8, 4) is 0 Å². The number of nitrogens with zero attached hydrogens (tertiary/aromatic N) is 1. The van der Waals surface area contributed by atoms with Crippen LogP contribution in [0.4, 0.5) is 5.69 Å². The minimum absolute atomic E-state index is 0.391. The number of hydrogen-bond donors (Lipinski definition) is 2. The summed E-state index contributed by atoms with van der Waals surface area (Å²) < 4.78 is 0. The van der Waals surface area contributed by atoms with E-state index < -0.39 is 5.97 Å². The van der Waals surface area contributed by atoms with Gasteiger partial charge in [0.25, 0.3) is 0 Å². The maximum atomic E-state index is 11.3. The zero-order chi connectivity index (χ0) is 11.8. The molecule has 2 N–H and O–H groups in total. The SMILES string of the molecule is O=C(O)c1ccc2cc[nH]c2c1N1CCCC1. The second-order valence-electron chi connectivity index (χ2n) is 4.40. The third kappa shape index (κ3) is 1.56. The highest BCUT2D eigenvalue weighted by atomic mass is 16.4. The smallest absolute Gasteiger partial charge is 0.337 e. The lowest BCUT2D eigenvalue weighted by Gasteiger charge is -2.20. The molecule has 1 fully saturated rings. The third-order valence-electron chi connectivity index (χ3n) is 3.35. The quantitative estimate of drug-likeness (QED) is 0.833. The van der Waals surface area contributed by atoms with E-state index in [0.717, 1.165) is 42.5 Å². The standard InChI is InChI=1S/C13H14N2O2/c16-13(17)10-4-3-9-5-6-14-11(9)12(10)15-7-1-2-8-15/h3-6,14H,1-2,7-8H2,(H,16,17). The van der Waals surface area contributed by atoms with Crippen LogP contribution in [0.3, 0.4) is 0 Å². The molecule has 0 amide bonds. The Morgan fingerprint density at radius 2 is 2.00 bits per heavy atom. The third-order valence-corrected chi connectivity index (χ3v) is 3.35. The van der Waals surface area contributed by atoms with Crippen molar-refractivity contribution in [3.63, 3.8) is 0 Å².